The van der Waals surface area contributed by atoms with E-state index in [1.807, 2.05) is 23.0 Å². The number of hydrogen-bond acceptors (Lipinski definition) is 5. The lowest BCUT2D eigenvalue weighted by atomic mass is 10.1. The molecule has 5 rings (SSSR count). The molecular weight excluding hydrogens is 340 g/mol. The predicted octanol–water partition coefficient (Wildman–Crippen LogP) is 3.82. The lowest BCUT2D eigenvalue weighted by Gasteiger charge is -2.10. The van der Waals surface area contributed by atoms with Crippen LogP contribution in [0, 0.1) is 12.8 Å². The monoisotopic (exact) mass is 362 g/mol. The molecule has 0 aliphatic heterocycles. The smallest absolute Gasteiger partial charge is 0.242 e. The predicted molar refractivity (Wildman–Crippen MR) is 103 cm³/mol. The van der Waals surface area contributed by atoms with Gasteiger partial charge in [-0.05, 0) is 37.8 Å². The van der Waals surface area contributed by atoms with Gasteiger partial charge < -0.3 is 9.30 Å². The minimum absolute atomic E-state index is 0.423. The minimum Gasteiger partial charge on any atom is -0.476 e. The molecule has 0 atom stereocenters. The highest BCUT2D eigenvalue weighted by Crippen LogP contribution is 2.39. The Kier molecular flexibility index (Phi) is 3.63. The second kappa shape index (κ2) is 6.04. The summed E-state index contributed by atoms with van der Waals surface area (Å²) >= 11 is 0. The summed E-state index contributed by atoms with van der Waals surface area (Å²) in [6.07, 6.45) is 7.77. The fraction of sp³-hybridized carbons (Fsp3) is 0.400. The average molecular weight is 362 g/mol. The molecular formula is C20H22N6O. The molecule has 4 aromatic rings. The van der Waals surface area contributed by atoms with Gasteiger partial charge in [0.25, 0.3) is 0 Å². The highest BCUT2D eigenvalue weighted by molar-refractivity contribution is 5.88. The van der Waals surface area contributed by atoms with Crippen LogP contribution in [0.25, 0.3) is 27.8 Å². The Morgan fingerprint density at radius 1 is 1.26 bits per heavy atom. The summed E-state index contributed by atoms with van der Waals surface area (Å²) in [6.45, 7) is 6.91. The van der Waals surface area contributed by atoms with Crippen molar-refractivity contribution in [2.24, 2.45) is 5.92 Å². The molecule has 7 heteroatoms. The summed E-state index contributed by atoms with van der Waals surface area (Å²) in [4.78, 5) is 13.6. The van der Waals surface area contributed by atoms with Gasteiger partial charge in [0.1, 0.15) is 17.7 Å². The van der Waals surface area contributed by atoms with Crippen molar-refractivity contribution >= 4 is 16.7 Å². The van der Waals surface area contributed by atoms with Gasteiger partial charge in [0.15, 0.2) is 5.65 Å². The molecule has 7 nitrogen and oxygen atoms in total. The number of aromatic nitrogens is 6. The van der Waals surface area contributed by atoms with Gasteiger partial charge in [-0.1, -0.05) is 13.8 Å². The first-order valence-corrected chi connectivity index (χ1v) is 9.42. The van der Waals surface area contributed by atoms with Crippen molar-refractivity contribution in [3.8, 4) is 17.0 Å². The zero-order valence-corrected chi connectivity index (χ0v) is 15.8. The van der Waals surface area contributed by atoms with E-state index in [4.69, 9.17) is 4.74 Å². The number of fused-ring (bicyclic) bond motifs is 2. The van der Waals surface area contributed by atoms with E-state index in [2.05, 4.69) is 51.5 Å². The molecule has 27 heavy (non-hydrogen) atoms. The van der Waals surface area contributed by atoms with Crippen LogP contribution in [0.1, 0.15) is 38.6 Å². The maximum absolute atomic E-state index is 5.95. The van der Waals surface area contributed by atoms with E-state index >= 15 is 0 Å². The molecule has 0 N–H and O–H groups in total. The van der Waals surface area contributed by atoms with Crippen LogP contribution in [-0.4, -0.2) is 35.7 Å². The molecule has 0 saturated heterocycles. The second-order valence-electron chi connectivity index (χ2n) is 7.62. The largest absolute Gasteiger partial charge is 0.476 e. The lowest BCUT2D eigenvalue weighted by molar-refractivity contribution is 0.263. The SMILES string of the molecule is Cc1nc2ncc(-c3ccn4ncnc(OCC(C)C)c34)cc2n1C1CC1. The van der Waals surface area contributed by atoms with Crippen LogP contribution < -0.4 is 4.74 Å². The molecule has 1 fully saturated rings. The van der Waals surface area contributed by atoms with Crippen LogP contribution in [0.2, 0.25) is 0 Å². The van der Waals surface area contributed by atoms with Crippen molar-refractivity contribution in [3.63, 3.8) is 0 Å². The Bertz CT molecular complexity index is 1140. The van der Waals surface area contributed by atoms with Crippen molar-refractivity contribution in [1.29, 1.82) is 0 Å². The maximum atomic E-state index is 5.95. The summed E-state index contributed by atoms with van der Waals surface area (Å²) in [7, 11) is 0. The molecule has 4 heterocycles. The molecule has 0 amide bonds. The summed E-state index contributed by atoms with van der Waals surface area (Å²) in [5.74, 6) is 2.06. The normalized spacial score (nSPS) is 14.5. The zero-order valence-electron chi connectivity index (χ0n) is 15.8. The summed E-state index contributed by atoms with van der Waals surface area (Å²) in [5.41, 5.74) is 4.81. The number of pyridine rings is 1. The van der Waals surface area contributed by atoms with Gasteiger partial charge in [-0.2, -0.15) is 10.1 Å². The topological polar surface area (TPSA) is 70.1 Å². The summed E-state index contributed by atoms with van der Waals surface area (Å²) < 4.78 is 10.1. The molecule has 4 aromatic heterocycles. The molecule has 1 aliphatic rings. The van der Waals surface area contributed by atoms with Gasteiger partial charge in [0.2, 0.25) is 5.88 Å². The van der Waals surface area contributed by atoms with Crippen molar-refractivity contribution in [3.05, 3.63) is 36.7 Å². The Labute approximate surface area is 157 Å². The van der Waals surface area contributed by atoms with E-state index in [1.54, 1.807) is 0 Å². The van der Waals surface area contributed by atoms with Crippen molar-refractivity contribution < 1.29 is 4.74 Å². The second-order valence-corrected chi connectivity index (χ2v) is 7.62. The number of aryl methyl sites for hydroxylation is 1. The van der Waals surface area contributed by atoms with Crippen LogP contribution >= 0.6 is 0 Å². The van der Waals surface area contributed by atoms with Crippen LogP contribution in [0.15, 0.2) is 30.9 Å². The van der Waals surface area contributed by atoms with E-state index < -0.39 is 0 Å². The van der Waals surface area contributed by atoms with Gasteiger partial charge in [0.05, 0.1) is 12.1 Å². The first kappa shape index (κ1) is 16.2. The van der Waals surface area contributed by atoms with Crippen LogP contribution in [0.3, 0.4) is 0 Å². The molecule has 1 saturated carbocycles. The first-order chi connectivity index (χ1) is 13.1. The Morgan fingerprint density at radius 2 is 2.11 bits per heavy atom. The van der Waals surface area contributed by atoms with E-state index in [1.165, 1.54) is 19.2 Å². The summed E-state index contributed by atoms with van der Waals surface area (Å²) in [6, 6.07) is 4.78. The average Bonchev–Trinajstić information content (AvgIpc) is 3.29. The van der Waals surface area contributed by atoms with Crippen LogP contribution in [0.4, 0.5) is 0 Å². The molecule has 138 valence electrons. The van der Waals surface area contributed by atoms with Gasteiger partial charge in [-0.25, -0.2) is 14.5 Å². The van der Waals surface area contributed by atoms with Crippen LogP contribution in [0.5, 0.6) is 5.88 Å². The minimum atomic E-state index is 0.423. The molecule has 0 unspecified atom stereocenters. The standard InChI is InChI=1S/C20H22N6O/c1-12(2)10-27-20-18-16(6-7-25(18)23-11-22-20)14-8-17-19(21-9-14)24-13(3)26(17)15-4-5-15/h6-9,11-12,15H,4-5,10H2,1-3H3. The first-order valence-electron chi connectivity index (χ1n) is 9.42. The van der Waals surface area contributed by atoms with Gasteiger partial charge in [0, 0.05) is 29.6 Å². The third-order valence-electron chi connectivity index (χ3n) is 4.92. The van der Waals surface area contributed by atoms with Crippen molar-refractivity contribution in [2.45, 2.75) is 39.7 Å². The lowest BCUT2D eigenvalue weighted by Crippen LogP contribution is -2.07. The molecule has 1 aliphatic carbocycles. The third kappa shape index (κ3) is 2.74. The van der Waals surface area contributed by atoms with E-state index in [0.717, 1.165) is 33.6 Å². The van der Waals surface area contributed by atoms with Gasteiger partial charge in [-0.3, -0.25) is 0 Å². The van der Waals surface area contributed by atoms with Gasteiger partial charge in [-0.15, -0.1) is 0 Å². The summed E-state index contributed by atoms with van der Waals surface area (Å²) in [5, 5.41) is 4.32. The van der Waals surface area contributed by atoms with E-state index in [9.17, 15) is 0 Å². The molecule has 0 bridgehead atoms. The highest BCUT2D eigenvalue weighted by atomic mass is 16.5. The van der Waals surface area contributed by atoms with Crippen molar-refractivity contribution in [1.82, 2.24) is 29.1 Å². The number of rotatable bonds is 5. The Hall–Kier alpha value is -2.96. The van der Waals surface area contributed by atoms with Crippen molar-refractivity contribution in [2.75, 3.05) is 6.61 Å². The Morgan fingerprint density at radius 3 is 2.89 bits per heavy atom. The maximum Gasteiger partial charge on any atom is 0.242 e. The van der Waals surface area contributed by atoms with E-state index in [0.29, 0.717) is 24.4 Å². The quantitative estimate of drug-likeness (QED) is 0.540. The zero-order chi connectivity index (χ0) is 18.5. The number of hydrogen-bond donors (Lipinski definition) is 0. The van der Waals surface area contributed by atoms with Crippen LogP contribution in [-0.2, 0) is 0 Å². The Balaban J connectivity index is 1.66. The molecule has 0 aromatic carbocycles. The van der Waals surface area contributed by atoms with E-state index in [-0.39, 0.29) is 0 Å². The fourth-order valence-electron chi connectivity index (χ4n) is 3.54. The molecule has 0 spiro atoms. The number of ether oxygens (including phenoxy) is 1. The molecule has 0 radical (unpaired) electrons. The highest BCUT2D eigenvalue weighted by Gasteiger charge is 2.27. The van der Waals surface area contributed by atoms with Gasteiger partial charge >= 0.3 is 0 Å². The fourth-order valence-corrected chi connectivity index (χ4v) is 3.54. The number of imidazole rings is 1. The number of nitrogens with zero attached hydrogens (tertiary/aromatic N) is 6. The third-order valence-corrected chi connectivity index (χ3v) is 4.92.